The van der Waals surface area contributed by atoms with Gasteiger partial charge < -0.3 is 9.84 Å². The van der Waals surface area contributed by atoms with Gasteiger partial charge in [-0.25, -0.2) is 0 Å². The van der Waals surface area contributed by atoms with Crippen molar-refractivity contribution in [3.63, 3.8) is 0 Å². The molecule has 0 spiro atoms. The van der Waals surface area contributed by atoms with E-state index in [0.29, 0.717) is 5.02 Å². The second-order valence-corrected chi connectivity index (χ2v) is 3.75. The number of methoxy groups -OCH3 is 1. The molecule has 0 heterocycles. The van der Waals surface area contributed by atoms with Crippen LogP contribution in [0.2, 0.25) is 5.02 Å². The van der Waals surface area contributed by atoms with Crippen molar-refractivity contribution in [1.82, 2.24) is 0 Å². The van der Waals surface area contributed by atoms with Crippen LogP contribution in [0.4, 0.5) is 0 Å². The van der Waals surface area contributed by atoms with Crippen molar-refractivity contribution >= 4 is 11.6 Å². The van der Waals surface area contributed by atoms with E-state index in [2.05, 4.69) is 0 Å². The lowest BCUT2D eigenvalue weighted by molar-refractivity contribution is 0.415. The smallest absolute Gasteiger partial charge is 0.134 e. The Morgan fingerprint density at radius 1 is 1.06 bits per heavy atom. The van der Waals surface area contributed by atoms with Crippen LogP contribution >= 0.6 is 11.6 Å². The Bertz CT molecular complexity index is 492. The van der Waals surface area contributed by atoms with Crippen LogP contribution in [-0.4, -0.2) is 12.2 Å². The van der Waals surface area contributed by atoms with E-state index in [0.717, 1.165) is 16.9 Å². The van der Waals surface area contributed by atoms with Crippen LogP contribution in [0.1, 0.15) is 0 Å². The van der Waals surface area contributed by atoms with Gasteiger partial charge in [0.15, 0.2) is 0 Å². The van der Waals surface area contributed by atoms with E-state index in [-0.39, 0.29) is 5.75 Å². The summed E-state index contributed by atoms with van der Waals surface area (Å²) in [6.07, 6.45) is 0. The Kier molecular flexibility index (Phi) is 3.02. The van der Waals surface area contributed by atoms with E-state index in [1.807, 2.05) is 30.3 Å². The fourth-order valence-electron chi connectivity index (χ4n) is 1.51. The number of hydrogen-bond donors (Lipinski definition) is 1. The summed E-state index contributed by atoms with van der Waals surface area (Å²) in [5.74, 6) is 0.884. The molecule has 0 atom stereocenters. The summed E-state index contributed by atoms with van der Waals surface area (Å²) in [4.78, 5) is 0. The molecule has 0 saturated heterocycles. The van der Waals surface area contributed by atoms with Crippen molar-refractivity contribution in [3.05, 3.63) is 47.5 Å². The predicted octanol–water partition coefficient (Wildman–Crippen LogP) is 3.72. The number of phenols is 1. The monoisotopic (exact) mass is 234 g/mol. The molecule has 2 aromatic rings. The predicted molar refractivity (Wildman–Crippen MR) is 65.1 cm³/mol. The zero-order chi connectivity index (χ0) is 11.5. The van der Waals surface area contributed by atoms with Gasteiger partial charge in [-0.2, -0.15) is 0 Å². The van der Waals surface area contributed by atoms with Gasteiger partial charge in [-0.1, -0.05) is 35.9 Å². The standard InChI is InChI=1S/C13H11ClO2/c1-16-10-7-5-9(6-8-10)11-3-2-4-12(15)13(11)14/h2-8,15H,1H3. The molecule has 82 valence electrons. The second-order valence-electron chi connectivity index (χ2n) is 3.37. The first-order chi connectivity index (χ1) is 7.72. The highest BCUT2D eigenvalue weighted by atomic mass is 35.5. The molecule has 2 nitrogen and oxygen atoms in total. The Balaban J connectivity index is 2.46. The molecular weight excluding hydrogens is 224 g/mol. The van der Waals surface area contributed by atoms with Crippen molar-refractivity contribution in [2.24, 2.45) is 0 Å². The van der Waals surface area contributed by atoms with Gasteiger partial charge in [-0.15, -0.1) is 0 Å². The number of ether oxygens (including phenoxy) is 1. The highest BCUT2D eigenvalue weighted by Gasteiger charge is 2.06. The molecule has 0 aliphatic rings. The molecule has 0 amide bonds. The lowest BCUT2D eigenvalue weighted by Crippen LogP contribution is -1.83. The first-order valence-electron chi connectivity index (χ1n) is 4.84. The normalized spacial score (nSPS) is 10.1. The van der Waals surface area contributed by atoms with Crippen LogP contribution in [0.5, 0.6) is 11.5 Å². The fraction of sp³-hybridized carbons (Fsp3) is 0.0769. The van der Waals surface area contributed by atoms with Gasteiger partial charge in [-0.3, -0.25) is 0 Å². The first kappa shape index (κ1) is 10.8. The molecule has 0 fully saturated rings. The Hall–Kier alpha value is -1.67. The largest absolute Gasteiger partial charge is 0.506 e. The molecule has 0 saturated carbocycles. The molecule has 0 bridgehead atoms. The molecule has 3 heteroatoms. The third kappa shape index (κ3) is 1.97. The van der Waals surface area contributed by atoms with E-state index in [4.69, 9.17) is 16.3 Å². The van der Waals surface area contributed by atoms with Gasteiger partial charge in [-0.05, 0) is 23.8 Å². The minimum Gasteiger partial charge on any atom is -0.506 e. The molecule has 2 rings (SSSR count). The molecule has 0 aromatic heterocycles. The van der Waals surface area contributed by atoms with Gasteiger partial charge in [0.05, 0.1) is 12.1 Å². The van der Waals surface area contributed by atoms with Crippen molar-refractivity contribution in [2.75, 3.05) is 7.11 Å². The van der Waals surface area contributed by atoms with E-state index >= 15 is 0 Å². The molecule has 0 aliphatic heterocycles. The van der Waals surface area contributed by atoms with Crippen LogP contribution in [0.15, 0.2) is 42.5 Å². The van der Waals surface area contributed by atoms with Crippen LogP contribution in [0.25, 0.3) is 11.1 Å². The third-order valence-electron chi connectivity index (χ3n) is 2.38. The van der Waals surface area contributed by atoms with Crippen LogP contribution in [0, 0.1) is 0 Å². The van der Waals surface area contributed by atoms with Gasteiger partial charge in [0, 0.05) is 5.56 Å². The minimum absolute atomic E-state index is 0.0926. The Labute approximate surface area is 99.1 Å². The van der Waals surface area contributed by atoms with Crippen molar-refractivity contribution < 1.29 is 9.84 Å². The summed E-state index contributed by atoms with van der Waals surface area (Å²) in [5.41, 5.74) is 1.76. The summed E-state index contributed by atoms with van der Waals surface area (Å²) in [6.45, 7) is 0. The average molecular weight is 235 g/mol. The third-order valence-corrected chi connectivity index (χ3v) is 2.78. The number of rotatable bonds is 2. The summed E-state index contributed by atoms with van der Waals surface area (Å²) >= 11 is 6.02. The van der Waals surface area contributed by atoms with Gasteiger partial charge in [0.2, 0.25) is 0 Å². The zero-order valence-corrected chi connectivity index (χ0v) is 9.53. The maximum absolute atomic E-state index is 9.51. The number of aromatic hydroxyl groups is 1. The minimum atomic E-state index is 0.0926. The SMILES string of the molecule is COc1ccc(-c2cccc(O)c2Cl)cc1. The van der Waals surface area contributed by atoms with Gasteiger partial charge >= 0.3 is 0 Å². The van der Waals surface area contributed by atoms with Gasteiger partial charge in [0.25, 0.3) is 0 Å². The Morgan fingerprint density at radius 2 is 1.75 bits per heavy atom. The topological polar surface area (TPSA) is 29.5 Å². The van der Waals surface area contributed by atoms with Crippen LogP contribution in [0.3, 0.4) is 0 Å². The van der Waals surface area contributed by atoms with Crippen LogP contribution in [-0.2, 0) is 0 Å². The molecule has 0 unspecified atom stereocenters. The summed E-state index contributed by atoms with van der Waals surface area (Å²) in [7, 11) is 1.62. The number of halogens is 1. The molecule has 0 aliphatic carbocycles. The molecule has 16 heavy (non-hydrogen) atoms. The van der Waals surface area contributed by atoms with E-state index < -0.39 is 0 Å². The average Bonchev–Trinajstić information content (AvgIpc) is 2.33. The van der Waals surface area contributed by atoms with Crippen LogP contribution < -0.4 is 4.74 Å². The van der Waals surface area contributed by atoms with E-state index in [1.165, 1.54) is 0 Å². The Morgan fingerprint density at radius 3 is 2.38 bits per heavy atom. The molecular formula is C13H11ClO2. The lowest BCUT2D eigenvalue weighted by Gasteiger charge is -2.06. The van der Waals surface area contributed by atoms with Gasteiger partial charge in [0.1, 0.15) is 11.5 Å². The van der Waals surface area contributed by atoms with Crippen molar-refractivity contribution in [2.45, 2.75) is 0 Å². The highest BCUT2D eigenvalue weighted by molar-refractivity contribution is 6.34. The number of hydrogen-bond acceptors (Lipinski definition) is 2. The molecule has 1 N–H and O–H groups in total. The molecule has 2 aromatic carbocycles. The maximum Gasteiger partial charge on any atom is 0.134 e. The molecule has 0 radical (unpaired) electrons. The zero-order valence-electron chi connectivity index (χ0n) is 8.77. The first-order valence-corrected chi connectivity index (χ1v) is 5.22. The fourth-order valence-corrected chi connectivity index (χ4v) is 1.75. The maximum atomic E-state index is 9.51. The van der Waals surface area contributed by atoms with E-state index in [1.54, 1.807) is 19.2 Å². The number of phenolic OH excluding ortho intramolecular Hbond substituents is 1. The van der Waals surface area contributed by atoms with Crippen molar-refractivity contribution in [3.8, 4) is 22.6 Å². The summed E-state index contributed by atoms with van der Waals surface area (Å²) in [5, 5.41) is 9.87. The summed E-state index contributed by atoms with van der Waals surface area (Å²) < 4.78 is 5.08. The van der Waals surface area contributed by atoms with E-state index in [9.17, 15) is 5.11 Å². The van der Waals surface area contributed by atoms with Crippen molar-refractivity contribution in [1.29, 1.82) is 0 Å². The highest BCUT2D eigenvalue weighted by Crippen LogP contribution is 2.34. The quantitative estimate of drug-likeness (QED) is 0.858. The second kappa shape index (κ2) is 4.45. The summed E-state index contributed by atoms with van der Waals surface area (Å²) in [6, 6.07) is 12.7. The number of benzene rings is 2. The lowest BCUT2D eigenvalue weighted by atomic mass is 10.1.